The van der Waals surface area contributed by atoms with Gasteiger partial charge in [0.05, 0.1) is 12.2 Å². The maximum atomic E-state index is 13.2. The molecule has 1 saturated heterocycles. The summed E-state index contributed by atoms with van der Waals surface area (Å²) < 4.78 is 11.6. The topological polar surface area (TPSA) is 55.8 Å². The monoisotopic (exact) mass is 359 g/mol. The van der Waals surface area contributed by atoms with Crippen molar-refractivity contribution in [2.75, 3.05) is 19.7 Å². The van der Waals surface area contributed by atoms with E-state index in [1.54, 1.807) is 0 Å². The van der Waals surface area contributed by atoms with Crippen LogP contribution in [0.1, 0.15) is 39.0 Å². The molecule has 1 aliphatic heterocycles. The molecule has 26 heavy (non-hydrogen) atoms. The van der Waals surface area contributed by atoms with Gasteiger partial charge in [-0.25, -0.2) is 0 Å². The summed E-state index contributed by atoms with van der Waals surface area (Å²) in [6, 6.07) is 5.74. The Balaban J connectivity index is 1.91. The first-order chi connectivity index (χ1) is 12.3. The van der Waals surface area contributed by atoms with Gasteiger partial charge in [0.2, 0.25) is 0 Å². The molecule has 2 N–H and O–H groups in total. The SMILES string of the molecule is Cc1[nH]c2ccc(OCC(C)C)cc2c(=O)c1C[NH+]1CC(C)OC(C)C1. The highest BCUT2D eigenvalue weighted by molar-refractivity contribution is 5.81. The Hall–Kier alpha value is -1.85. The highest BCUT2D eigenvalue weighted by Crippen LogP contribution is 2.19. The molecule has 1 aromatic carbocycles. The molecule has 1 fully saturated rings. The zero-order valence-corrected chi connectivity index (χ0v) is 16.5. The van der Waals surface area contributed by atoms with Crippen molar-refractivity contribution in [3.8, 4) is 5.75 Å². The van der Waals surface area contributed by atoms with Crippen LogP contribution in [0.25, 0.3) is 10.9 Å². The smallest absolute Gasteiger partial charge is 0.198 e. The standard InChI is InChI=1S/C21H30N2O3/c1-13(2)12-25-17-6-7-20-18(8-17)21(24)19(16(5)22-20)11-23-9-14(3)26-15(4)10-23/h6-8,13-15H,9-12H2,1-5H3,(H,22,24)/p+1. The van der Waals surface area contributed by atoms with Gasteiger partial charge in [-0.1, -0.05) is 13.8 Å². The number of fused-ring (bicyclic) bond motifs is 1. The van der Waals surface area contributed by atoms with E-state index in [0.717, 1.165) is 42.2 Å². The summed E-state index contributed by atoms with van der Waals surface area (Å²) in [4.78, 5) is 18.0. The third kappa shape index (κ3) is 4.27. The Labute approximate surface area is 155 Å². The number of pyridine rings is 1. The van der Waals surface area contributed by atoms with Gasteiger partial charge in [-0.05, 0) is 44.9 Å². The fraction of sp³-hybridized carbons (Fsp3) is 0.571. The van der Waals surface area contributed by atoms with E-state index >= 15 is 0 Å². The van der Waals surface area contributed by atoms with Gasteiger partial charge >= 0.3 is 0 Å². The molecule has 0 bridgehead atoms. The van der Waals surface area contributed by atoms with Crippen molar-refractivity contribution in [2.45, 2.75) is 53.4 Å². The molecular formula is C21H31N2O3+. The third-order valence-corrected chi connectivity index (χ3v) is 4.91. The fourth-order valence-corrected chi connectivity index (χ4v) is 3.78. The minimum absolute atomic E-state index is 0.116. The Morgan fingerprint density at radius 2 is 1.96 bits per heavy atom. The number of rotatable bonds is 5. The summed E-state index contributed by atoms with van der Waals surface area (Å²) in [5.41, 5.74) is 2.81. The Morgan fingerprint density at radius 3 is 2.62 bits per heavy atom. The molecule has 2 heterocycles. The van der Waals surface area contributed by atoms with Crippen molar-refractivity contribution in [3.63, 3.8) is 0 Å². The van der Waals surface area contributed by atoms with Crippen LogP contribution in [0, 0.1) is 12.8 Å². The van der Waals surface area contributed by atoms with Gasteiger partial charge in [0.25, 0.3) is 0 Å². The average Bonchev–Trinajstić information content (AvgIpc) is 2.56. The van der Waals surface area contributed by atoms with E-state index < -0.39 is 0 Å². The van der Waals surface area contributed by atoms with E-state index in [4.69, 9.17) is 9.47 Å². The second-order valence-electron chi connectivity index (χ2n) is 8.06. The molecule has 2 aromatic rings. The maximum absolute atomic E-state index is 13.2. The third-order valence-electron chi connectivity index (χ3n) is 4.91. The first-order valence-corrected chi connectivity index (χ1v) is 9.60. The minimum Gasteiger partial charge on any atom is -0.493 e. The molecule has 5 heteroatoms. The lowest BCUT2D eigenvalue weighted by molar-refractivity contribution is -0.928. The average molecular weight is 359 g/mol. The lowest BCUT2D eigenvalue weighted by Crippen LogP contribution is -3.14. The van der Waals surface area contributed by atoms with E-state index in [9.17, 15) is 4.79 Å². The van der Waals surface area contributed by atoms with E-state index in [0.29, 0.717) is 17.9 Å². The number of aromatic amines is 1. The van der Waals surface area contributed by atoms with Crippen molar-refractivity contribution in [1.82, 2.24) is 4.98 Å². The molecule has 2 unspecified atom stereocenters. The largest absolute Gasteiger partial charge is 0.493 e. The molecule has 1 aliphatic rings. The number of nitrogens with one attached hydrogen (secondary N) is 2. The zero-order chi connectivity index (χ0) is 18.8. The lowest BCUT2D eigenvalue weighted by Gasteiger charge is -2.32. The summed E-state index contributed by atoms with van der Waals surface area (Å²) in [7, 11) is 0. The molecule has 142 valence electrons. The van der Waals surface area contributed by atoms with Crippen molar-refractivity contribution in [3.05, 3.63) is 39.7 Å². The van der Waals surface area contributed by atoms with Crippen LogP contribution in [0.4, 0.5) is 0 Å². The van der Waals surface area contributed by atoms with Crippen LogP contribution in [0.15, 0.2) is 23.0 Å². The van der Waals surface area contributed by atoms with E-state index in [2.05, 4.69) is 32.7 Å². The van der Waals surface area contributed by atoms with Gasteiger partial charge in [0.1, 0.15) is 37.6 Å². The highest BCUT2D eigenvalue weighted by Gasteiger charge is 2.27. The predicted octanol–water partition coefficient (Wildman–Crippen LogP) is 2.06. The van der Waals surface area contributed by atoms with Gasteiger partial charge in [0, 0.05) is 16.6 Å². The van der Waals surface area contributed by atoms with Gasteiger partial charge in [0.15, 0.2) is 5.43 Å². The number of hydrogen-bond acceptors (Lipinski definition) is 3. The lowest BCUT2D eigenvalue weighted by atomic mass is 10.1. The van der Waals surface area contributed by atoms with Crippen LogP contribution in [0.2, 0.25) is 0 Å². The molecule has 0 amide bonds. The van der Waals surface area contributed by atoms with Crippen molar-refractivity contribution in [1.29, 1.82) is 0 Å². The number of aromatic nitrogens is 1. The zero-order valence-electron chi connectivity index (χ0n) is 16.5. The number of benzene rings is 1. The normalized spacial score (nSPS) is 23.5. The number of morpholine rings is 1. The van der Waals surface area contributed by atoms with Crippen LogP contribution < -0.4 is 15.1 Å². The summed E-state index contributed by atoms with van der Waals surface area (Å²) in [5.74, 6) is 1.21. The number of aryl methyl sites for hydroxylation is 1. The molecule has 0 spiro atoms. The minimum atomic E-state index is 0.116. The Morgan fingerprint density at radius 1 is 1.27 bits per heavy atom. The van der Waals surface area contributed by atoms with Crippen molar-refractivity contribution in [2.24, 2.45) is 5.92 Å². The van der Waals surface area contributed by atoms with Crippen LogP contribution in [0.5, 0.6) is 5.75 Å². The maximum Gasteiger partial charge on any atom is 0.198 e. The summed E-state index contributed by atoms with van der Waals surface area (Å²) in [6.45, 7) is 13.7. The quantitative estimate of drug-likeness (QED) is 0.859. The van der Waals surface area contributed by atoms with Crippen LogP contribution in [0.3, 0.4) is 0 Å². The molecule has 2 atom stereocenters. The second-order valence-corrected chi connectivity index (χ2v) is 8.06. The first kappa shape index (κ1) is 18.9. The first-order valence-electron chi connectivity index (χ1n) is 9.60. The van der Waals surface area contributed by atoms with Crippen LogP contribution >= 0.6 is 0 Å². The van der Waals surface area contributed by atoms with Crippen molar-refractivity contribution < 1.29 is 14.4 Å². The predicted molar refractivity (Wildman–Crippen MR) is 104 cm³/mol. The Kier molecular flexibility index (Phi) is 5.68. The van der Waals surface area contributed by atoms with E-state index in [-0.39, 0.29) is 17.6 Å². The Bertz CT molecular complexity index is 818. The molecule has 0 radical (unpaired) electrons. The number of hydrogen-bond donors (Lipinski definition) is 2. The van der Waals surface area contributed by atoms with Crippen LogP contribution in [-0.4, -0.2) is 36.9 Å². The molecule has 3 rings (SSSR count). The van der Waals surface area contributed by atoms with Crippen LogP contribution in [-0.2, 0) is 11.3 Å². The van der Waals surface area contributed by atoms with Crippen molar-refractivity contribution >= 4 is 10.9 Å². The van der Waals surface area contributed by atoms with Gasteiger partial charge < -0.3 is 19.4 Å². The summed E-state index contributed by atoms with van der Waals surface area (Å²) in [5, 5.41) is 0.709. The second kappa shape index (κ2) is 7.80. The van der Waals surface area contributed by atoms with Gasteiger partial charge in [-0.3, -0.25) is 4.79 Å². The number of H-pyrrole nitrogens is 1. The van der Waals surface area contributed by atoms with Gasteiger partial charge in [-0.15, -0.1) is 0 Å². The molecule has 1 aromatic heterocycles. The molecular weight excluding hydrogens is 328 g/mol. The molecule has 0 saturated carbocycles. The van der Waals surface area contributed by atoms with Gasteiger partial charge in [-0.2, -0.15) is 0 Å². The molecule has 0 aliphatic carbocycles. The van der Waals surface area contributed by atoms with E-state index in [1.807, 2.05) is 25.1 Å². The highest BCUT2D eigenvalue weighted by atomic mass is 16.5. The summed E-state index contributed by atoms with van der Waals surface area (Å²) in [6.07, 6.45) is 0.453. The fourth-order valence-electron chi connectivity index (χ4n) is 3.78. The number of ether oxygens (including phenoxy) is 2. The molecule has 5 nitrogen and oxygen atoms in total. The number of quaternary nitrogens is 1. The van der Waals surface area contributed by atoms with E-state index in [1.165, 1.54) is 4.90 Å². The summed E-state index contributed by atoms with van der Waals surface area (Å²) >= 11 is 0.